The molecule has 6 rings (SSSR count). The molecule has 0 bridgehead atoms. The van der Waals surface area contributed by atoms with E-state index in [4.69, 9.17) is 8.85 Å². The van der Waals surface area contributed by atoms with Crippen LogP contribution in [0.3, 0.4) is 0 Å². The van der Waals surface area contributed by atoms with Crippen molar-refractivity contribution in [3.63, 3.8) is 0 Å². The fourth-order valence-corrected chi connectivity index (χ4v) is 16.3. The number of carbonyl (C=O) groups excluding carboxylic acids is 1. The molecule has 6 aromatic carbocycles. The monoisotopic (exact) mass is 732 g/mol. The molecule has 0 saturated heterocycles. The van der Waals surface area contributed by atoms with Gasteiger partial charge in [-0.3, -0.25) is 4.79 Å². The quantitative estimate of drug-likeness (QED) is 0.0625. The van der Waals surface area contributed by atoms with E-state index in [0.717, 1.165) is 20.7 Å². The van der Waals surface area contributed by atoms with Gasteiger partial charge < -0.3 is 14.0 Å². The van der Waals surface area contributed by atoms with Crippen LogP contribution in [-0.4, -0.2) is 27.5 Å². The van der Waals surface area contributed by atoms with Gasteiger partial charge >= 0.3 is 16.6 Å². The Balaban J connectivity index is 1.65. The van der Waals surface area contributed by atoms with Crippen LogP contribution in [0, 0.1) is 0 Å². The molecule has 0 spiro atoms. The number of rotatable bonds is 11. The van der Waals surface area contributed by atoms with E-state index in [0.29, 0.717) is 17.1 Å². The van der Waals surface area contributed by atoms with Gasteiger partial charge in [0.2, 0.25) is 0 Å². The first-order valence-electron chi connectivity index (χ1n) is 18.1. The number of hydrogen-bond acceptors (Lipinski definition) is 4. The van der Waals surface area contributed by atoms with Crippen molar-refractivity contribution in [3.05, 3.63) is 187 Å². The third kappa shape index (κ3) is 7.30. The van der Waals surface area contributed by atoms with E-state index >= 15 is 0 Å². The molecule has 268 valence electrons. The fraction of sp³-hybridized carbons (Fsp3) is 0.170. The summed E-state index contributed by atoms with van der Waals surface area (Å²) in [6.07, 6.45) is 1.29. The SMILES string of the molecule is CC(C)(C)[Si](Oc1cccc(O[Si](c2ccccc2)(c2ccccc2)C(C)(C)C)c1C(=O)/C=C(\O)c1ccccc1)(c1ccccc1)c1ccccc1. The molecule has 6 aromatic rings. The average Bonchev–Trinajstić information content (AvgIpc) is 3.16. The molecule has 0 saturated carbocycles. The van der Waals surface area contributed by atoms with Gasteiger partial charge in [0.25, 0.3) is 0 Å². The topological polar surface area (TPSA) is 55.8 Å². The molecule has 0 aromatic heterocycles. The number of aliphatic hydroxyl groups excluding tert-OH is 1. The van der Waals surface area contributed by atoms with E-state index in [-0.39, 0.29) is 21.4 Å². The highest BCUT2D eigenvalue weighted by Gasteiger charge is 2.54. The molecular formula is C47H48O4Si2. The van der Waals surface area contributed by atoms with Gasteiger partial charge in [0, 0.05) is 11.6 Å². The third-order valence-corrected chi connectivity index (χ3v) is 19.8. The zero-order valence-electron chi connectivity index (χ0n) is 31.4. The lowest BCUT2D eigenvalue weighted by Crippen LogP contribution is -2.69. The van der Waals surface area contributed by atoms with Gasteiger partial charge in [0.1, 0.15) is 22.8 Å². The summed E-state index contributed by atoms with van der Waals surface area (Å²) in [5, 5.41) is 14.9. The average molecular weight is 733 g/mol. The van der Waals surface area contributed by atoms with Crippen LogP contribution in [0.5, 0.6) is 11.5 Å². The van der Waals surface area contributed by atoms with Crippen LogP contribution >= 0.6 is 0 Å². The van der Waals surface area contributed by atoms with Gasteiger partial charge in [-0.05, 0) is 43.0 Å². The maximum atomic E-state index is 14.9. The maximum absolute atomic E-state index is 14.9. The molecule has 0 atom stereocenters. The summed E-state index contributed by atoms with van der Waals surface area (Å²) in [4.78, 5) is 14.9. The van der Waals surface area contributed by atoms with E-state index in [1.165, 1.54) is 6.08 Å². The summed E-state index contributed by atoms with van der Waals surface area (Å²) >= 11 is 0. The smallest absolute Gasteiger partial charge is 0.319 e. The number of aliphatic hydroxyl groups is 1. The summed E-state index contributed by atoms with van der Waals surface area (Å²) in [6, 6.07) is 56.3. The molecule has 53 heavy (non-hydrogen) atoms. The van der Waals surface area contributed by atoms with E-state index in [1.807, 2.05) is 109 Å². The predicted molar refractivity (Wildman–Crippen MR) is 224 cm³/mol. The molecule has 0 fully saturated rings. The van der Waals surface area contributed by atoms with Crippen LogP contribution in [0.2, 0.25) is 10.1 Å². The lowest BCUT2D eigenvalue weighted by atomic mass is 10.1. The Hall–Kier alpha value is -5.44. The minimum atomic E-state index is -3.20. The van der Waals surface area contributed by atoms with Crippen LogP contribution in [0.4, 0.5) is 0 Å². The minimum Gasteiger partial charge on any atom is -0.533 e. The molecule has 6 heteroatoms. The van der Waals surface area contributed by atoms with Crippen LogP contribution in [-0.2, 0) is 0 Å². The van der Waals surface area contributed by atoms with E-state index in [2.05, 4.69) is 90.1 Å². The molecule has 0 amide bonds. The van der Waals surface area contributed by atoms with Gasteiger partial charge in [-0.2, -0.15) is 0 Å². The summed E-state index contributed by atoms with van der Waals surface area (Å²) < 4.78 is 15.1. The van der Waals surface area contributed by atoms with E-state index in [9.17, 15) is 9.90 Å². The molecule has 0 radical (unpaired) electrons. The highest BCUT2D eigenvalue weighted by molar-refractivity contribution is 7.00. The third-order valence-electron chi connectivity index (χ3n) is 9.93. The van der Waals surface area contributed by atoms with Crippen molar-refractivity contribution < 1.29 is 18.8 Å². The Morgan fingerprint density at radius 3 is 1.08 bits per heavy atom. The van der Waals surface area contributed by atoms with Gasteiger partial charge in [0.15, 0.2) is 5.78 Å². The number of benzene rings is 6. The Kier molecular flexibility index (Phi) is 10.8. The van der Waals surface area contributed by atoms with E-state index in [1.54, 1.807) is 12.1 Å². The summed E-state index contributed by atoms with van der Waals surface area (Å²) in [7, 11) is -6.39. The molecular weight excluding hydrogens is 685 g/mol. The summed E-state index contributed by atoms with van der Waals surface area (Å²) in [5.41, 5.74) is 0.816. The number of ketones is 1. The van der Waals surface area contributed by atoms with Crippen molar-refractivity contribution in [3.8, 4) is 11.5 Å². The van der Waals surface area contributed by atoms with Crippen LogP contribution in [0.25, 0.3) is 5.76 Å². The van der Waals surface area contributed by atoms with Crippen LogP contribution in [0.1, 0.15) is 57.5 Å². The Labute approximate surface area is 316 Å². The highest BCUT2D eigenvalue weighted by atomic mass is 28.4. The first-order valence-corrected chi connectivity index (χ1v) is 21.9. The molecule has 0 aliphatic carbocycles. The van der Waals surface area contributed by atoms with Gasteiger partial charge in [-0.1, -0.05) is 199 Å². The van der Waals surface area contributed by atoms with Gasteiger partial charge in [0.05, 0.1) is 0 Å². The zero-order chi connectivity index (χ0) is 37.7. The second-order valence-electron chi connectivity index (χ2n) is 15.4. The van der Waals surface area contributed by atoms with Crippen molar-refractivity contribution in [2.75, 3.05) is 0 Å². The normalized spacial score (nSPS) is 12.6. The Morgan fingerprint density at radius 2 is 0.774 bits per heavy atom. The number of hydrogen-bond donors (Lipinski definition) is 1. The molecule has 0 aliphatic rings. The van der Waals surface area contributed by atoms with Crippen molar-refractivity contribution in [2.45, 2.75) is 51.6 Å². The summed E-state index contributed by atoms with van der Waals surface area (Å²) in [6.45, 7) is 13.3. The van der Waals surface area contributed by atoms with Crippen molar-refractivity contribution in [2.24, 2.45) is 0 Å². The van der Waals surface area contributed by atoms with Crippen molar-refractivity contribution >= 4 is 48.9 Å². The Morgan fingerprint density at radius 1 is 0.472 bits per heavy atom. The molecule has 0 aliphatic heterocycles. The minimum absolute atomic E-state index is 0.132. The first kappa shape index (κ1) is 37.3. The van der Waals surface area contributed by atoms with Gasteiger partial charge in [-0.15, -0.1) is 0 Å². The second-order valence-corrected chi connectivity index (χ2v) is 23.9. The summed E-state index contributed by atoms with van der Waals surface area (Å²) in [5.74, 6) is 0.286. The maximum Gasteiger partial charge on any atom is 0.319 e. The number of allylic oxidation sites excluding steroid dienone is 1. The molecule has 0 unspecified atom stereocenters. The lowest BCUT2D eigenvalue weighted by Gasteiger charge is -2.44. The fourth-order valence-electron chi connectivity index (χ4n) is 7.44. The Bertz CT molecular complexity index is 1960. The number of carbonyl (C=O) groups is 1. The van der Waals surface area contributed by atoms with Crippen LogP contribution < -0.4 is 29.6 Å². The molecule has 4 nitrogen and oxygen atoms in total. The van der Waals surface area contributed by atoms with Crippen molar-refractivity contribution in [1.82, 2.24) is 0 Å². The largest absolute Gasteiger partial charge is 0.533 e. The highest BCUT2D eigenvalue weighted by Crippen LogP contribution is 2.43. The lowest BCUT2D eigenvalue weighted by molar-refractivity contribution is 0.104. The molecule has 0 heterocycles. The second kappa shape index (κ2) is 15.3. The van der Waals surface area contributed by atoms with Crippen molar-refractivity contribution in [1.29, 1.82) is 0 Å². The zero-order valence-corrected chi connectivity index (χ0v) is 33.4. The first-order chi connectivity index (χ1) is 25.4. The predicted octanol–water partition coefficient (Wildman–Crippen LogP) is 9.35. The molecule has 1 N–H and O–H groups in total. The standard InChI is InChI=1S/C47H48O4Si2/c1-46(2,3)52(37-25-14-8-15-26-37,38-27-16-9-17-28-38)50-43-33-22-34-44(45(43)42(49)35-41(48)36-23-12-7-13-24-36)51-53(47(4,5)6,39-29-18-10-19-30-39)40-31-20-11-21-32-40/h7-35,48H,1-6H3/b41-35-. The van der Waals surface area contributed by atoms with Crippen LogP contribution in [0.15, 0.2) is 176 Å². The van der Waals surface area contributed by atoms with E-state index < -0.39 is 22.4 Å². The van der Waals surface area contributed by atoms with Gasteiger partial charge in [-0.25, -0.2) is 0 Å².